The summed E-state index contributed by atoms with van der Waals surface area (Å²) in [5.74, 6) is -1.94. The zero-order valence-corrected chi connectivity index (χ0v) is 12.8. The lowest BCUT2D eigenvalue weighted by Crippen LogP contribution is -2.31. The van der Waals surface area contributed by atoms with E-state index in [1.807, 2.05) is 6.07 Å². The molecule has 0 aliphatic rings. The molecule has 5 heteroatoms. The van der Waals surface area contributed by atoms with E-state index in [-0.39, 0.29) is 11.0 Å². The molecule has 3 nitrogen and oxygen atoms in total. The van der Waals surface area contributed by atoms with Gasteiger partial charge in [-0.25, -0.2) is 9.18 Å². The van der Waals surface area contributed by atoms with E-state index < -0.39 is 11.8 Å². The number of carbonyl (C=O) groups is 1. The van der Waals surface area contributed by atoms with Gasteiger partial charge in [-0.1, -0.05) is 26.0 Å². The first-order chi connectivity index (χ1) is 9.90. The summed E-state index contributed by atoms with van der Waals surface area (Å²) in [5.41, 5.74) is 0.449. The minimum Gasteiger partial charge on any atom is -0.478 e. The van der Waals surface area contributed by atoms with Gasteiger partial charge in [0.2, 0.25) is 0 Å². The highest BCUT2D eigenvalue weighted by atomic mass is 32.1. The monoisotopic (exact) mass is 307 g/mol. The van der Waals surface area contributed by atoms with E-state index >= 15 is 0 Å². The molecule has 0 saturated carbocycles. The van der Waals surface area contributed by atoms with Gasteiger partial charge >= 0.3 is 5.97 Å². The van der Waals surface area contributed by atoms with Crippen LogP contribution < -0.4 is 5.32 Å². The van der Waals surface area contributed by atoms with Crippen LogP contribution in [0.25, 0.3) is 0 Å². The zero-order valence-electron chi connectivity index (χ0n) is 12.0. The molecule has 0 amide bonds. The number of hydrogen-bond acceptors (Lipinski definition) is 3. The Kier molecular flexibility index (Phi) is 4.75. The summed E-state index contributed by atoms with van der Waals surface area (Å²) in [5, 5.41) is 14.1. The Balaban J connectivity index is 1.95. The van der Waals surface area contributed by atoms with Crippen LogP contribution in [0.2, 0.25) is 0 Å². The van der Waals surface area contributed by atoms with Crippen LogP contribution in [0.5, 0.6) is 0 Å². The number of carboxylic acid groups (broad SMARTS) is 1. The number of benzene rings is 1. The largest absolute Gasteiger partial charge is 0.478 e. The third kappa shape index (κ3) is 3.89. The number of halogens is 1. The van der Waals surface area contributed by atoms with E-state index in [9.17, 15) is 9.18 Å². The van der Waals surface area contributed by atoms with E-state index in [0.717, 1.165) is 12.1 Å². The first kappa shape index (κ1) is 15.7. The Morgan fingerprint density at radius 2 is 2.14 bits per heavy atom. The molecule has 1 aromatic heterocycles. The van der Waals surface area contributed by atoms with E-state index in [4.69, 9.17) is 5.11 Å². The molecule has 0 aliphatic carbocycles. The van der Waals surface area contributed by atoms with Gasteiger partial charge in [-0.05, 0) is 29.1 Å². The first-order valence-electron chi connectivity index (χ1n) is 6.66. The molecule has 0 saturated heterocycles. The van der Waals surface area contributed by atoms with Gasteiger partial charge < -0.3 is 10.4 Å². The Morgan fingerprint density at radius 1 is 1.38 bits per heavy atom. The molecule has 1 aromatic carbocycles. The quantitative estimate of drug-likeness (QED) is 0.856. The number of aromatic carboxylic acids is 1. The van der Waals surface area contributed by atoms with Crippen molar-refractivity contribution in [1.82, 2.24) is 5.32 Å². The number of hydrogen-bond donors (Lipinski definition) is 2. The molecule has 112 valence electrons. The SMILES string of the molecule is CC(C)(CNCc1ccc(C(=O)O)c(F)c1)c1cccs1. The molecule has 0 radical (unpaired) electrons. The molecule has 2 rings (SSSR count). The van der Waals surface area contributed by atoms with Gasteiger partial charge in [0.25, 0.3) is 0 Å². The van der Waals surface area contributed by atoms with Crippen molar-refractivity contribution in [3.63, 3.8) is 0 Å². The van der Waals surface area contributed by atoms with Crippen molar-refractivity contribution in [2.45, 2.75) is 25.8 Å². The Hall–Kier alpha value is -1.72. The normalized spacial score (nSPS) is 11.6. The molecule has 2 N–H and O–H groups in total. The van der Waals surface area contributed by atoms with Crippen LogP contribution in [0.15, 0.2) is 35.7 Å². The molecule has 0 bridgehead atoms. The van der Waals surface area contributed by atoms with Gasteiger partial charge in [-0.15, -0.1) is 11.3 Å². The van der Waals surface area contributed by atoms with Crippen LogP contribution in [0.4, 0.5) is 4.39 Å². The molecule has 0 aliphatic heterocycles. The van der Waals surface area contributed by atoms with Crippen LogP contribution >= 0.6 is 11.3 Å². The van der Waals surface area contributed by atoms with Crippen LogP contribution in [0, 0.1) is 5.82 Å². The Morgan fingerprint density at radius 3 is 2.71 bits per heavy atom. The Bertz CT molecular complexity index is 623. The van der Waals surface area contributed by atoms with E-state index in [2.05, 4.69) is 30.6 Å². The van der Waals surface area contributed by atoms with E-state index in [1.165, 1.54) is 17.0 Å². The molecule has 0 atom stereocenters. The lowest BCUT2D eigenvalue weighted by Gasteiger charge is -2.23. The summed E-state index contributed by atoms with van der Waals surface area (Å²) >= 11 is 1.72. The summed E-state index contributed by atoms with van der Waals surface area (Å²) in [4.78, 5) is 12.0. The summed E-state index contributed by atoms with van der Waals surface area (Å²) in [6.45, 7) is 5.57. The Labute approximate surface area is 127 Å². The van der Waals surface area contributed by atoms with Crippen LogP contribution in [0.1, 0.15) is 34.6 Å². The van der Waals surface area contributed by atoms with Gasteiger partial charge in [0.1, 0.15) is 5.82 Å². The fourth-order valence-corrected chi connectivity index (χ4v) is 2.96. The fraction of sp³-hybridized carbons (Fsp3) is 0.312. The first-order valence-corrected chi connectivity index (χ1v) is 7.54. The lowest BCUT2D eigenvalue weighted by molar-refractivity contribution is 0.0692. The maximum Gasteiger partial charge on any atom is 0.338 e. The van der Waals surface area contributed by atoms with Crippen molar-refractivity contribution in [3.05, 3.63) is 57.5 Å². The predicted molar refractivity (Wildman–Crippen MR) is 82.4 cm³/mol. The van der Waals surface area contributed by atoms with Crippen LogP contribution in [0.3, 0.4) is 0 Å². The lowest BCUT2D eigenvalue weighted by atomic mass is 9.91. The summed E-state index contributed by atoms with van der Waals surface area (Å²) in [6.07, 6.45) is 0. The van der Waals surface area contributed by atoms with E-state index in [0.29, 0.717) is 6.54 Å². The number of nitrogens with one attached hydrogen (secondary N) is 1. The smallest absolute Gasteiger partial charge is 0.338 e. The second-order valence-electron chi connectivity index (χ2n) is 5.58. The summed E-state index contributed by atoms with van der Waals surface area (Å²) in [6, 6.07) is 8.35. The predicted octanol–water partition coefficient (Wildman–Crippen LogP) is 3.65. The highest BCUT2D eigenvalue weighted by molar-refractivity contribution is 7.10. The van der Waals surface area contributed by atoms with E-state index in [1.54, 1.807) is 17.4 Å². The molecule has 21 heavy (non-hydrogen) atoms. The maximum atomic E-state index is 13.6. The molecule has 0 spiro atoms. The van der Waals surface area contributed by atoms with Gasteiger partial charge in [0.05, 0.1) is 5.56 Å². The topological polar surface area (TPSA) is 49.3 Å². The molecule has 1 heterocycles. The van der Waals surface area contributed by atoms with Gasteiger partial charge in [0.15, 0.2) is 0 Å². The minimum absolute atomic E-state index is 0.00766. The second-order valence-corrected chi connectivity index (χ2v) is 6.53. The average molecular weight is 307 g/mol. The van der Waals surface area contributed by atoms with Gasteiger partial charge in [-0.2, -0.15) is 0 Å². The minimum atomic E-state index is -1.24. The number of carboxylic acids is 1. The van der Waals surface area contributed by atoms with Crippen molar-refractivity contribution in [2.75, 3.05) is 6.54 Å². The highest BCUT2D eigenvalue weighted by Crippen LogP contribution is 2.26. The van der Waals surface area contributed by atoms with Crippen molar-refractivity contribution in [2.24, 2.45) is 0 Å². The second kappa shape index (κ2) is 6.37. The summed E-state index contributed by atoms with van der Waals surface area (Å²) < 4.78 is 13.6. The average Bonchev–Trinajstić information content (AvgIpc) is 2.92. The van der Waals surface area contributed by atoms with Crippen LogP contribution in [-0.2, 0) is 12.0 Å². The number of rotatable bonds is 6. The third-order valence-electron chi connectivity index (χ3n) is 3.35. The molecule has 0 fully saturated rings. The highest BCUT2D eigenvalue weighted by Gasteiger charge is 2.21. The van der Waals surface area contributed by atoms with Crippen molar-refractivity contribution >= 4 is 17.3 Å². The number of thiophene rings is 1. The fourth-order valence-electron chi connectivity index (χ4n) is 2.11. The molecular formula is C16H18FNO2S. The third-order valence-corrected chi connectivity index (χ3v) is 4.58. The van der Waals surface area contributed by atoms with Crippen LogP contribution in [-0.4, -0.2) is 17.6 Å². The standard InChI is InChI=1S/C16H18FNO2S/c1-16(2,14-4-3-7-21-14)10-18-9-11-5-6-12(15(19)20)13(17)8-11/h3-8,18H,9-10H2,1-2H3,(H,19,20). The molecule has 2 aromatic rings. The molecule has 0 unspecified atom stereocenters. The van der Waals surface area contributed by atoms with Gasteiger partial charge in [0, 0.05) is 23.4 Å². The van der Waals surface area contributed by atoms with Crippen molar-refractivity contribution < 1.29 is 14.3 Å². The zero-order chi connectivity index (χ0) is 15.5. The van der Waals surface area contributed by atoms with Gasteiger partial charge in [-0.3, -0.25) is 0 Å². The summed E-state index contributed by atoms with van der Waals surface area (Å²) in [7, 11) is 0. The molecular weight excluding hydrogens is 289 g/mol. The van der Waals surface area contributed by atoms with Crippen molar-refractivity contribution in [3.8, 4) is 0 Å². The maximum absolute atomic E-state index is 13.6. The van der Waals surface area contributed by atoms with Crippen molar-refractivity contribution in [1.29, 1.82) is 0 Å².